The molecule has 2 unspecified atom stereocenters. The summed E-state index contributed by atoms with van der Waals surface area (Å²) in [5.74, 6) is -0.755. The Balaban J connectivity index is 2.43. The van der Waals surface area contributed by atoms with E-state index in [1.165, 1.54) is 6.42 Å². The lowest BCUT2D eigenvalue weighted by Gasteiger charge is -2.39. The standard InChI is InChI=1S/C16H33N3O2/c1-6-14(4)19-11-9-18(10-12-19)8-7-16(5,15(20)21)17-13(2)3/h13-14,17H,6-12H2,1-5H3,(H,20,21). The summed E-state index contributed by atoms with van der Waals surface area (Å²) in [6.45, 7) is 15.4. The molecule has 5 heteroatoms. The number of hydrogen-bond donors (Lipinski definition) is 2. The van der Waals surface area contributed by atoms with Crippen LogP contribution in [0.5, 0.6) is 0 Å². The van der Waals surface area contributed by atoms with Gasteiger partial charge < -0.3 is 10.0 Å². The highest BCUT2D eigenvalue weighted by atomic mass is 16.4. The summed E-state index contributed by atoms with van der Waals surface area (Å²) in [6.07, 6.45) is 1.83. The van der Waals surface area contributed by atoms with E-state index in [1.807, 2.05) is 13.8 Å². The molecule has 1 saturated heterocycles. The first-order valence-corrected chi connectivity index (χ1v) is 8.26. The van der Waals surface area contributed by atoms with E-state index in [-0.39, 0.29) is 6.04 Å². The molecule has 1 rings (SSSR count). The molecule has 0 bridgehead atoms. The van der Waals surface area contributed by atoms with Gasteiger partial charge in [-0.15, -0.1) is 0 Å². The molecule has 0 spiro atoms. The maximum Gasteiger partial charge on any atom is 0.323 e. The van der Waals surface area contributed by atoms with Gasteiger partial charge in [0, 0.05) is 44.8 Å². The Morgan fingerprint density at radius 3 is 2.24 bits per heavy atom. The molecule has 0 saturated carbocycles. The van der Waals surface area contributed by atoms with Crippen LogP contribution in [-0.2, 0) is 4.79 Å². The number of nitrogens with one attached hydrogen (secondary N) is 1. The van der Waals surface area contributed by atoms with E-state index in [2.05, 4.69) is 29.0 Å². The number of carbonyl (C=O) groups is 1. The number of carboxylic acid groups (broad SMARTS) is 1. The van der Waals surface area contributed by atoms with E-state index in [0.29, 0.717) is 12.5 Å². The summed E-state index contributed by atoms with van der Waals surface area (Å²) in [5.41, 5.74) is -0.831. The fraction of sp³-hybridized carbons (Fsp3) is 0.938. The zero-order chi connectivity index (χ0) is 16.0. The average molecular weight is 299 g/mol. The zero-order valence-electron chi connectivity index (χ0n) is 14.4. The van der Waals surface area contributed by atoms with Gasteiger partial charge in [-0.2, -0.15) is 0 Å². The van der Waals surface area contributed by atoms with E-state index in [1.54, 1.807) is 6.92 Å². The molecule has 124 valence electrons. The predicted molar refractivity (Wildman–Crippen MR) is 86.7 cm³/mol. The van der Waals surface area contributed by atoms with Crippen LogP contribution >= 0.6 is 0 Å². The van der Waals surface area contributed by atoms with Crippen LogP contribution in [0.2, 0.25) is 0 Å². The highest BCUT2D eigenvalue weighted by molar-refractivity contribution is 5.78. The highest BCUT2D eigenvalue weighted by Crippen LogP contribution is 2.15. The largest absolute Gasteiger partial charge is 0.480 e. The Hall–Kier alpha value is -0.650. The van der Waals surface area contributed by atoms with Gasteiger partial charge in [-0.3, -0.25) is 15.0 Å². The normalized spacial score (nSPS) is 22.2. The summed E-state index contributed by atoms with van der Waals surface area (Å²) in [7, 11) is 0. The summed E-state index contributed by atoms with van der Waals surface area (Å²) in [4.78, 5) is 16.4. The second-order valence-electron chi connectivity index (χ2n) is 6.82. The van der Waals surface area contributed by atoms with Crippen molar-refractivity contribution in [3.8, 4) is 0 Å². The van der Waals surface area contributed by atoms with Crippen molar-refractivity contribution in [1.82, 2.24) is 15.1 Å². The molecule has 5 nitrogen and oxygen atoms in total. The topological polar surface area (TPSA) is 55.8 Å². The summed E-state index contributed by atoms with van der Waals surface area (Å²) < 4.78 is 0. The van der Waals surface area contributed by atoms with Crippen molar-refractivity contribution in [2.45, 2.75) is 65.1 Å². The molecule has 0 aliphatic carbocycles. The lowest BCUT2D eigenvalue weighted by molar-refractivity contribution is -0.145. The third-order valence-electron chi connectivity index (χ3n) is 4.63. The molecule has 1 aliphatic rings. The Kier molecular flexibility index (Phi) is 7.10. The van der Waals surface area contributed by atoms with Crippen molar-refractivity contribution in [2.24, 2.45) is 0 Å². The monoisotopic (exact) mass is 299 g/mol. The minimum Gasteiger partial charge on any atom is -0.480 e. The van der Waals surface area contributed by atoms with E-state index in [0.717, 1.165) is 32.7 Å². The van der Waals surface area contributed by atoms with Crippen LogP contribution in [-0.4, -0.2) is 71.2 Å². The number of piperazine rings is 1. The minimum absolute atomic E-state index is 0.174. The van der Waals surface area contributed by atoms with Gasteiger partial charge in [-0.1, -0.05) is 6.92 Å². The minimum atomic E-state index is -0.831. The fourth-order valence-electron chi connectivity index (χ4n) is 2.95. The summed E-state index contributed by atoms with van der Waals surface area (Å²) in [5, 5.41) is 12.7. The second kappa shape index (κ2) is 8.11. The van der Waals surface area contributed by atoms with Crippen LogP contribution in [0.1, 0.15) is 47.5 Å². The van der Waals surface area contributed by atoms with Crippen molar-refractivity contribution in [3.63, 3.8) is 0 Å². The maximum atomic E-state index is 11.5. The molecule has 0 aromatic heterocycles. The number of carboxylic acids is 1. The van der Waals surface area contributed by atoms with Crippen LogP contribution in [0.15, 0.2) is 0 Å². The van der Waals surface area contributed by atoms with Crippen LogP contribution in [0.3, 0.4) is 0 Å². The summed E-state index contributed by atoms with van der Waals surface area (Å²) in [6, 6.07) is 0.826. The van der Waals surface area contributed by atoms with Gasteiger partial charge in [0.15, 0.2) is 0 Å². The van der Waals surface area contributed by atoms with Crippen molar-refractivity contribution in [1.29, 1.82) is 0 Å². The fourth-order valence-corrected chi connectivity index (χ4v) is 2.95. The molecule has 0 aromatic carbocycles. The smallest absolute Gasteiger partial charge is 0.323 e. The second-order valence-corrected chi connectivity index (χ2v) is 6.82. The molecule has 21 heavy (non-hydrogen) atoms. The summed E-state index contributed by atoms with van der Waals surface area (Å²) >= 11 is 0. The van der Waals surface area contributed by atoms with E-state index in [4.69, 9.17) is 0 Å². The predicted octanol–water partition coefficient (Wildman–Crippen LogP) is 1.63. The van der Waals surface area contributed by atoms with Gasteiger partial charge in [0.05, 0.1) is 0 Å². The quantitative estimate of drug-likeness (QED) is 0.713. The lowest BCUT2D eigenvalue weighted by Crippen LogP contribution is -2.55. The third kappa shape index (κ3) is 5.57. The number of aliphatic carboxylic acids is 1. The van der Waals surface area contributed by atoms with Gasteiger partial charge in [0.2, 0.25) is 0 Å². The Labute approximate surface area is 129 Å². The van der Waals surface area contributed by atoms with Gasteiger partial charge in [-0.25, -0.2) is 0 Å². The van der Waals surface area contributed by atoms with E-state index >= 15 is 0 Å². The number of nitrogens with zero attached hydrogens (tertiary/aromatic N) is 2. The Morgan fingerprint density at radius 2 is 1.81 bits per heavy atom. The molecule has 2 atom stereocenters. The van der Waals surface area contributed by atoms with Crippen molar-refractivity contribution >= 4 is 5.97 Å². The van der Waals surface area contributed by atoms with Crippen LogP contribution in [0.25, 0.3) is 0 Å². The molecule has 0 radical (unpaired) electrons. The van der Waals surface area contributed by atoms with Crippen molar-refractivity contribution in [3.05, 3.63) is 0 Å². The first-order valence-electron chi connectivity index (χ1n) is 8.26. The molecule has 1 aliphatic heterocycles. The Bertz CT molecular complexity index is 327. The SMILES string of the molecule is CCC(C)N1CCN(CCC(C)(NC(C)C)C(=O)O)CC1. The molecule has 0 amide bonds. The van der Waals surface area contributed by atoms with Gasteiger partial charge in [0.25, 0.3) is 0 Å². The van der Waals surface area contributed by atoms with Crippen LogP contribution in [0, 0.1) is 0 Å². The molecular formula is C16H33N3O2. The highest BCUT2D eigenvalue weighted by Gasteiger charge is 2.34. The molecule has 1 fully saturated rings. The van der Waals surface area contributed by atoms with E-state index in [9.17, 15) is 9.90 Å². The number of rotatable bonds is 8. The average Bonchev–Trinajstić information content (AvgIpc) is 2.44. The molecular weight excluding hydrogens is 266 g/mol. The van der Waals surface area contributed by atoms with Crippen molar-refractivity contribution in [2.75, 3.05) is 32.7 Å². The van der Waals surface area contributed by atoms with Crippen molar-refractivity contribution < 1.29 is 9.90 Å². The zero-order valence-corrected chi connectivity index (χ0v) is 14.4. The number of hydrogen-bond acceptors (Lipinski definition) is 4. The Morgan fingerprint density at radius 1 is 1.24 bits per heavy atom. The molecule has 2 N–H and O–H groups in total. The molecule has 1 heterocycles. The van der Waals surface area contributed by atoms with E-state index < -0.39 is 11.5 Å². The van der Waals surface area contributed by atoms with Crippen LogP contribution < -0.4 is 5.32 Å². The molecule has 0 aromatic rings. The third-order valence-corrected chi connectivity index (χ3v) is 4.63. The first kappa shape index (κ1) is 18.4. The van der Waals surface area contributed by atoms with Gasteiger partial charge in [-0.05, 0) is 40.5 Å². The van der Waals surface area contributed by atoms with Crippen LogP contribution in [0.4, 0.5) is 0 Å². The first-order chi connectivity index (χ1) is 9.78. The van der Waals surface area contributed by atoms with Gasteiger partial charge in [0.1, 0.15) is 5.54 Å². The lowest BCUT2D eigenvalue weighted by atomic mass is 9.96. The maximum absolute atomic E-state index is 11.5. The van der Waals surface area contributed by atoms with Gasteiger partial charge >= 0.3 is 5.97 Å².